The van der Waals surface area contributed by atoms with E-state index in [1.54, 1.807) is 30.3 Å². The van der Waals surface area contributed by atoms with Crippen LogP contribution in [-0.2, 0) is 4.74 Å². The van der Waals surface area contributed by atoms with Crippen LogP contribution in [0.5, 0.6) is 0 Å². The fraction of sp³-hybridized carbons (Fsp3) is 0.400. The Balaban J connectivity index is 2.29. The molecule has 1 saturated heterocycles. The van der Waals surface area contributed by atoms with Crippen molar-refractivity contribution in [1.82, 2.24) is 9.88 Å². The molecule has 0 bridgehead atoms. The largest absolute Gasteiger partial charge is 0.437 e. The van der Waals surface area contributed by atoms with Crippen molar-refractivity contribution < 1.29 is 9.53 Å². The van der Waals surface area contributed by atoms with Crippen LogP contribution >= 0.6 is 11.6 Å². The number of nitrogens with zero attached hydrogens (tertiary/aromatic N) is 2. The van der Waals surface area contributed by atoms with Gasteiger partial charge in [0.1, 0.15) is 0 Å². The molecule has 1 aromatic rings. The van der Waals surface area contributed by atoms with Gasteiger partial charge in [0.2, 0.25) is 0 Å². The highest BCUT2D eigenvalue weighted by molar-refractivity contribution is 6.30. The summed E-state index contributed by atoms with van der Waals surface area (Å²) in [5, 5.41) is 0.595. The van der Waals surface area contributed by atoms with Crippen LogP contribution < -0.4 is 0 Å². The number of ether oxygens (including phenoxy) is 1. The number of carbonyl (C=O) groups excluding carboxylic acids is 1. The Hall–Kier alpha value is -1.29. The van der Waals surface area contributed by atoms with Gasteiger partial charge in [0.25, 0.3) is 0 Å². The number of likely N-dealkylation sites (N-methyl/N-ethyl adjacent to an activating group) is 1. The zero-order chi connectivity index (χ0) is 11.0. The minimum Gasteiger partial charge on any atom is -0.437 e. The van der Waals surface area contributed by atoms with Crippen molar-refractivity contribution in [2.45, 2.75) is 19.1 Å². The minimum atomic E-state index is -0.332. The van der Waals surface area contributed by atoms with E-state index >= 15 is 0 Å². The van der Waals surface area contributed by atoms with Gasteiger partial charge in [-0.25, -0.2) is 4.79 Å². The molecule has 1 fully saturated rings. The van der Waals surface area contributed by atoms with Crippen molar-refractivity contribution in [2.75, 3.05) is 7.05 Å². The number of rotatable bonds is 1. The number of pyridine rings is 1. The van der Waals surface area contributed by atoms with Crippen LogP contribution in [0.2, 0.25) is 5.02 Å². The molecule has 15 heavy (non-hydrogen) atoms. The molecule has 4 nitrogen and oxygen atoms in total. The number of halogens is 1. The van der Waals surface area contributed by atoms with Crippen molar-refractivity contribution >= 4 is 17.7 Å². The maximum Gasteiger partial charge on any atom is 0.410 e. The van der Waals surface area contributed by atoms with E-state index in [1.807, 2.05) is 6.92 Å². The molecule has 1 amide bonds. The molecule has 2 atom stereocenters. The maximum absolute atomic E-state index is 11.3. The molecule has 0 radical (unpaired) electrons. The Morgan fingerprint density at radius 2 is 2.33 bits per heavy atom. The highest BCUT2D eigenvalue weighted by Gasteiger charge is 2.37. The first kappa shape index (κ1) is 10.2. The Morgan fingerprint density at radius 1 is 1.60 bits per heavy atom. The number of amides is 1. The summed E-state index contributed by atoms with van der Waals surface area (Å²) >= 11 is 5.85. The maximum atomic E-state index is 11.3. The van der Waals surface area contributed by atoms with E-state index in [1.165, 1.54) is 0 Å². The molecule has 2 heterocycles. The lowest BCUT2D eigenvalue weighted by atomic mass is 10.1. The van der Waals surface area contributed by atoms with Gasteiger partial charge in [0.15, 0.2) is 6.10 Å². The van der Waals surface area contributed by atoms with Crippen LogP contribution in [0.4, 0.5) is 4.79 Å². The Kier molecular flexibility index (Phi) is 2.52. The van der Waals surface area contributed by atoms with Crippen molar-refractivity contribution in [3.8, 4) is 0 Å². The molecule has 0 N–H and O–H groups in total. The van der Waals surface area contributed by atoms with Gasteiger partial charge >= 0.3 is 6.09 Å². The van der Waals surface area contributed by atoms with E-state index in [2.05, 4.69) is 4.98 Å². The van der Waals surface area contributed by atoms with Crippen molar-refractivity contribution in [1.29, 1.82) is 0 Å². The third-order valence-electron chi connectivity index (χ3n) is 2.60. The van der Waals surface area contributed by atoms with E-state index in [0.29, 0.717) is 10.7 Å². The van der Waals surface area contributed by atoms with E-state index in [-0.39, 0.29) is 18.2 Å². The van der Waals surface area contributed by atoms with Gasteiger partial charge < -0.3 is 9.64 Å². The lowest BCUT2D eigenvalue weighted by Gasteiger charge is -2.15. The number of aromatic nitrogens is 1. The summed E-state index contributed by atoms with van der Waals surface area (Å²) in [6, 6.07) is 3.38. The first-order valence-corrected chi connectivity index (χ1v) is 5.02. The van der Waals surface area contributed by atoms with Crippen LogP contribution in [0.15, 0.2) is 18.3 Å². The van der Waals surface area contributed by atoms with Gasteiger partial charge in [0.05, 0.1) is 11.7 Å². The van der Waals surface area contributed by atoms with E-state index in [9.17, 15) is 4.79 Å². The molecule has 1 aromatic heterocycles. The molecule has 0 aliphatic carbocycles. The quantitative estimate of drug-likeness (QED) is 0.738. The SMILES string of the molecule is C[C@@H]1[C@@H](c2cc(Cl)ccn2)OC(=O)N1C. The predicted octanol–water partition coefficient (Wildman–Crippen LogP) is 2.25. The normalized spacial score (nSPS) is 25.5. The summed E-state index contributed by atoms with van der Waals surface area (Å²) < 4.78 is 5.19. The average molecular weight is 227 g/mol. The molecular weight excluding hydrogens is 216 g/mol. The van der Waals surface area contributed by atoms with Crippen LogP contribution in [0.25, 0.3) is 0 Å². The molecule has 1 aliphatic rings. The molecule has 80 valence electrons. The summed E-state index contributed by atoms with van der Waals surface area (Å²) in [7, 11) is 1.71. The number of cyclic esters (lactones) is 1. The standard InChI is InChI=1S/C10H11ClN2O2/c1-6-9(15-10(14)13(6)2)8-5-7(11)3-4-12-8/h3-6,9H,1-2H3/t6-,9+/m1/s1. The summed E-state index contributed by atoms with van der Waals surface area (Å²) in [4.78, 5) is 17.0. The highest BCUT2D eigenvalue weighted by Crippen LogP contribution is 2.30. The molecule has 0 unspecified atom stereocenters. The van der Waals surface area contributed by atoms with Crippen molar-refractivity contribution in [3.05, 3.63) is 29.0 Å². The number of hydrogen-bond acceptors (Lipinski definition) is 3. The highest BCUT2D eigenvalue weighted by atomic mass is 35.5. The van der Waals surface area contributed by atoms with Gasteiger partial charge in [-0.2, -0.15) is 0 Å². The summed E-state index contributed by atoms with van der Waals surface area (Å²) in [6.45, 7) is 1.91. The third kappa shape index (κ3) is 1.77. The summed E-state index contributed by atoms with van der Waals surface area (Å²) in [5.41, 5.74) is 0.688. The van der Waals surface area contributed by atoms with E-state index in [4.69, 9.17) is 16.3 Å². The lowest BCUT2D eigenvalue weighted by Crippen LogP contribution is -2.27. The zero-order valence-corrected chi connectivity index (χ0v) is 9.23. The van der Waals surface area contributed by atoms with Gasteiger partial charge in [-0.15, -0.1) is 0 Å². The first-order chi connectivity index (χ1) is 7.09. The van der Waals surface area contributed by atoms with Gasteiger partial charge in [-0.05, 0) is 19.1 Å². The van der Waals surface area contributed by atoms with E-state index in [0.717, 1.165) is 0 Å². The molecule has 5 heteroatoms. The summed E-state index contributed by atoms with van der Waals surface area (Å²) in [5.74, 6) is 0. The smallest absolute Gasteiger partial charge is 0.410 e. The molecule has 2 rings (SSSR count). The predicted molar refractivity (Wildman–Crippen MR) is 55.7 cm³/mol. The van der Waals surface area contributed by atoms with Gasteiger partial charge in [-0.1, -0.05) is 11.6 Å². The number of hydrogen-bond donors (Lipinski definition) is 0. The monoisotopic (exact) mass is 226 g/mol. The van der Waals surface area contributed by atoms with Crippen LogP contribution in [0.3, 0.4) is 0 Å². The Morgan fingerprint density at radius 3 is 2.87 bits per heavy atom. The number of carbonyl (C=O) groups is 1. The van der Waals surface area contributed by atoms with Crippen molar-refractivity contribution in [3.63, 3.8) is 0 Å². The molecule has 0 aromatic carbocycles. The average Bonchev–Trinajstić information content (AvgIpc) is 2.46. The van der Waals surface area contributed by atoms with Crippen molar-refractivity contribution in [2.24, 2.45) is 0 Å². The van der Waals surface area contributed by atoms with Crippen LogP contribution in [0, 0.1) is 0 Å². The molecule has 0 spiro atoms. The second kappa shape index (κ2) is 3.70. The molecule has 0 saturated carbocycles. The molecule has 1 aliphatic heterocycles. The van der Waals surface area contributed by atoms with Gasteiger partial charge in [-0.3, -0.25) is 4.98 Å². The Labute approximate surface area is 92.8 Å². The minimum absolute atomic E-state index is 0.0246. The first-order valence-electron chi connectivity index (χ1n) is 4.64. The second-order valence-electron chi connectivity index (χ2n) is 3.55. The van der Waals surface area contributed by atoms with Crippen LogP contribution in [0.1, 0.15) is 18.7 Å². The fourth-order valence-electron chi connectivity index (χ4n) is 1.54. The topological polar surface area (TPSA) is 42.4 Å². The van der Waals surface area contributed by atoms with Crippen LogP contribution in [-0.4, -0.2) is 29.1 Å². The Bertz CT molecular complexity index is 397. The lowest BCUT2D eigenvalue weighted by molar-refractivity contribution is 0.129. The summed E-state index contributed by atoms with van der Waals surface area (Å²) in [6.07, 6.45) is 0.951. The fourth-order valence-corrected chi connectivity index (χ4v) is 1.71. The third-order valence-corrected chi connectivity index (χ3v) is 2.83. The zero-order valence-electron chi connectivity index (χ0n) is 8.48. The van der Waals surface area contributed by atoms with Gasteiger partial charge in [0, 0.05) is 18.3 Å². The molecular formula is C10H11ClN2O2. The van der Waals surface area contributed by atoms with E-state index < -0.39 is 0 Å². The second-order valence-corrected chi connectivity index (χ2v) is 3.99.